The van der Waals surface area contributed by atoms with E-state index in [1.54, 1.807) is 20.8 Å². The summed E-state index contributed by atoms with van der Waals surface area (Å²) < 4.78 is 31.7. The van der Waals surface area contributed by atoms with Crippen LogP contribution in [0.1, 0.15) is 32.4 Å². The van der Waals surface area contributed by atoms with E-state index in [-0.39, 0.29) is 17.3 Å². The number of hydrogen-bond donors (Lipinski definition) is 1. The molecule has 112 valence electrons. The van der Waals surface area contributed by atoms with Crippen LogP contribution in [0.15, 0.2) is 18.2 Å². The van der Waals surface area contributed by atoms with E-state index in [9.17, 15) is 13.6 Å². The Balaban J connectivity index is 2.46. The molecule has 0 aliphatic heterocycles. The van der Waals surface area contributed by atoms with Gasteiger partial charge in [-0.25, -0.2) is 8.78 Å². The van der Waals surface area contributed by atoms with E-state index in [1.165, 1.54) is 11.8 Å². The molecule has 0 spiro atoms. The molecule has 0 radical (unpaired) electrons. The Labute approximate surface area is 121 Å². The second-order valence-corrected chi connectivity index (χ2v) is 6.40. The van der Waals surface area contributed by atoms with Crippen molar-refractivity contribution in [2.75, 3.05) is 11.5 Å². The summed E-state index contributed by atoms with van der Waals surface area (Å²) in [7, 11) is 0. The van der Waals surface area contributed by atoms with Crippen LogP contribution in [0.3, 0.4) is 0 Å². The van der Waals surface area contributed by atoms with E-state index >= 15 is 0 Å². The van der Waals surface area contributed by atoms with Gasteiger partial charge in [0.1, 0.15) is 17.2 Å². The molecular formula is C14H19F2NO2S. The summed E-state index contributed by atoms with van der Waals surface area (Å²) in [6.07, 6.45) is 0. The first kappa shape index (κ1) is 16.9. The smallest absolute Gasteiger partial charge is 0.316 e. The Morgan fingerprint density at radius 1 is 1.40 bits per heavy atom. The van der Waals surface area contributed by atoms with Crippen molar-refractivity contribution >= 4 is 17.7 Å². The number of carbonyl (C=O) groups is 1. The van der Waals surface area contributed by atoms with Crippen molar-refractivity contribution in [3.05, 3.63) is 35.4 Å². The Morgan fingerprint density at radius 3 is 2.65 bits per heavy atom. The van der Waals surface area contributed by atoms with E-state index in [0.29, 0.717) is 5.75 Å². The first-order valence-electron chi connectivity index (χ1n) is 6.19. The van der Waals surface area contributed by atoms with Crippen molar-refractivity contribution < 1.29 is 18.3 Å². The minimum absolute atomic E-state index is 0.113. The van der Waals surface area contributed by atoms with E-state index < -0.39 is 23.3 Å². The summed E-state index contributed by atoms with van der Waals surface area (Å²) in [6, 6.07) is 2.49. The van der Waals surface area contributed by atoms with Gasteiger partial charge >= 0.3 is 5.97 Å². The number of nitrogens with two attached hydrogens (primary N) is 1. The lowest BCUT2D eigenvalue weighted by molar-refractivity contribution is -0.151. The molecule has 20 heavy (non-hydrogen) atoms. The third-order valence-electron chi connectivity index (χ3n) is 2.29. The van der Waals surface area contributed by atoms with Crippen LogP contribution < -0.4 is 5.73 Å². The third kappa shape index (κ3) is 5.88. The lowest BCUT2D eigenvalue weighted by Gasteiger charge is -2.19. The number of esters is 1. The summed E-state index contributed by atoms with van der Waals surface area (Å²) in [5.41, 5.74) is 5.38. The number of ether oxygens (including phenoxy) is 1. The molecule has 2 N–H and O–H groups in total. The summed E-state index contributed by atoms with van der Waals surface area (Å²) >= 11 is 1.23. The van der Waals surface area contributed by atoms with Crippen LogP contribution in [0, 0.1) is 11.6 Å². The van der Waals surface area contributed by atoms with Gasteiger partial charge in [0, 0.05) is 17.4 Å². The average molecular weight is 303 g/mol. The quantitative estimate of drug-likeness (QED) is 0.850. The lowest BCUT2D eigenvalue weighted by atomic mass is 10.1. The average Bonchev–Trinajstić information content (AvgIpc) is 2.29. The van der Waals surface area contributed by atoms with Gasteiger partial charge in [-0.3, -0.25) is 4.79 Å². The fourth-order valence-electron chi connectivity index (χ4n) is 1.53. The molecular weight excluding hydrogens is 284 g/mol. The van der Waals surface area contributed by atoms with Crippen LogP contribution in [-0.4, -0.2) is 23.1 Å². The Morgan fingerprint density at radius 2 is 2.05 bits per heavy atom. The maximum Gasteiger partial charge on any atom is 0.316 e. The van der Waals surface area contributed by atoms with Gasteiger partial charge in [0.15, 0.2) is 0 Å². The summed E-state index contributed by atoms with van der Waals surface area (Å²) in [5, 5.41) is 0. The highest BCUT2D eigenvalue weighted by Gasteiger charge is 2.17. The number of benzene rings is 1. The van der Waals surface area contributed by atoms with Gasteiger partial charge in [-0.2, -0.15) is 0 Å². The Hall–Kier alpha value is -1.14. The van der Waals surface area contributed by atoms with Crippen molar-refractivity contribution in [1.82, 2.24) is 0 Å². The van der Waals surface area contributed by atoms with Gasteiger partial charge in [0.05, 0.1) is 5.75 Å². The molecule has 0 bridgehead atoms. The molecule has 0 aliphatic rings. The summed E-state index contributed by atoms with van der Waals surface area (Å²) in [5.74, 6) is -0.998. The molecule has 1 atom stereocenters. The monoisotopic (exact) mass is 303 g/mol. The molecule has 1 aromatic carbocycles. The lowest BCUT2D eigenvalue weighted by Crippen LogP contribution is -2.25. The molecule has 1 aromatic rings. The van der Waals surface area contributed by atoms with Gasteiger partial charge in [-0.15, -0.1) is 11.8 Å². The first-order valence-corrected chi connectivity index (χ1v) is 7.34. The molecule has 0 saturated carbocycles. The van der Waals surface area contributed by atoms with Gasteiger partial charge in [0.25, 0.3) is 0 Å². The van der Waals surface area contributed by atoms with Crippen LogP contribution in [0.4, 0.5) is 8.78 Å². The maximum atomic E-state index is 13.5. The summed E-state index contributed by atoms with van der Waals surface area (Å²) in [6.45, 7) is 5.34. The van der Waals surface area contributed by atoms with Gasteiger partial charge < -0.3 is 10.5 Å². The fourth-order valence-corrected chi connectivity index (χ4v) is 2.31. The molecule has 0 amide bonds. The van der Waals surface area contributed by atoms with E-state index in [4.69, 9.17) is 10.5 Å². The van der Waals surface area contributed by atoms with E-state index in [2.05, 4.69) is 0 Å². The predicted molar refractivity (Wildman–Crippen MR) is 76.5 cm³/mol. The Kier molecular flexibility index (Phi) is 5.95. The largest absolute Gasteiger partial charge is 0.459 e. The predicted octanol–water partition coefficient (Wildman–Crippen LogP) is 3.04. The number of rotatable bonds is 5. The van der Waals surface area contributed by atoms with E-state index in [1.807, 2.05) is 0 Å². The Bertz CT molecular complexity index is 475. The third-order valence-corrected chi connectivity index (χ3v) is 3.33. The van der Waals surface area contributed by atoms with E-state index in [0.717, 1.165) is 18.2 Å². The zero-order valence-electron chi connectivity index (χ0n) is 11.8. The molecule has 1 unspecified atom stereocenters. The molecule has 0 saturated heterocycles. The molecule has 0 aliphatic carbocycles. The van der Waals surface area contributed by atoms with Crippen LogP contribution >= 0.6 is 11.8 Å². The highest BCUT2D eigenvalue weighted by molar-refractivity contribution is 7.99. The van der Waals surface area contributed by atoms with Crippen molar-refractivity contribution in [2.45, 2.75) is 32.4 Å². The molecule has 0 aromatic heterocycles. The highest BCUT2D eigenvalue weighted by atomic mass is 32.2. The van der Waals surface area contributed by atoms with Crippen LogP contribution in [-0.2, 0) is 9.53 Å². The van der Waals surface area contributed by atoms with Crippen molar-refractivity contribution in [3.63, 3.8) is 0 Å². The van der Waals surface area contributed by atoms with Crippen molar-refractivity contribution in [3.8, 4) is 0 Å². The molecule has 6 heteroatoms. The highest BCUT2D eigenvalue weighted by Crippen LogP contribution is 2.20. The van der Waals surface area contributed by atoms with Crippen LogP contribution in [0.2, 0.25) is 0 Å². The number of halogens is 2. The molecule has 1 rings (SSSR count). The zero-order valence-corrected chi connectivity index (χ0v) is 12.6. The van der Waals surface area contributed by atoms with Crippen molar-refractivity contribution in [2.24, 2.45) is 5.73 Å². The molecule has 3 nitrogen and oxygen atoms in total. The van der Waals surface area contributed by atoms with Crippen LogP contribution in [0.25, 0.3) is 0 Å². The maximum absolute atomic E-state index is 13.5. The second-order valence-electron chi connectivity index (χ2n) is 5.37. The molecule has 0 fully saturated rings. The van der Waals surface area contributed by atoms with Gasteiger partial charge in [-0.1, -0.05) is 0 Å². The SMILES string of the molecule is CC(C)(C)OC(=O)CSCC(N)c1cc(F)ccc1F. The van der Waals surface area contributed by atoms with Gasteiger partial charge in [-0.05, 0) is 39.0 Å². The number of thioether (sulfide) groups is 1. The zero-order chi connectivity index (χ0) is 15.3. The molecule has 0 heterocycles. The number of carbonyl (C=O) groups excluding carboxylic acids is 1. The fraction of sp³-hybridized carbons (Fsp3) is 0.500. The van der Waals surface area contributed by atoms with Gasteiger partial charge in [0.2, 0.25) is 0 Å². The first-order chi connectivity index (χ1) is 9.19. The van der Waals surface area contributed by atoms with Crippen LogP contribution in [0.5, 0.6) is 0 Å². The minimum Gasteiger partial charge on any atom is -0.459 e. The minimum atomic E-state index is -0.668. The standard InChI is InChI=1S/C14H19F2NO2S/c1-14(2,3)19-13(18)8-20-7-12(17)10-6-9(15)4-5-11(10)16/h4-6,12H,7-8,17H2,1-3H3. The normalized spacial score (nSPS) is 13.1. The number of hydrogen-bond acceptors (Lipinski definition) is 4. The second kappa shape index (κ2) is 7.04. The topological polar surface area (TPSA) is 52.3 Å². The van der Waals surface area contributed by atoms with Crippen molar-refractivity contribution in [1.29, 1.82) is 0 Å². The summed E-state index contributed by atoms with van der Waals surface area (Å²) in [4.78, 5) is 11.5.